The zero-order valence-corrected chi connectivity index (χ0v) is 11.1. The van der Waals surface area contributed by atoms with Crippen LogP contribution in [0.1, 0.15) is 30.9 Å². The Kier molecular flexibility index (Phi) is 4.40. The summed E-state index contributed by atoms with van der Waals surface area (Å²) in [4.78, 5) is 0. The van der Waals surface area contributed by atoms with Gasteiger partial charge in [0.2, 0.25) is 0 Å². The van der Waals surface area contributed by atoms with Crippen LogP contribution in [0.3, 0.4) is 0 Å². The molecule has 2 rings (SSSR count). The van der Waals surface area contributed by atoms with E-state index in [9.17, 15) is 0 Å². The number of hydrogen-bond donors (Lipinski definition) is 0. The maximum Gasteiger partial charge on any atom is 0.122 e. The van der Waals surface area contributed by atoms with Crippen molar-refractivity contribution in [2.45, 2.75) is 26.2 Å². The van der Waals surface area contributed by atoms with Gasteiger partial charge in [-0.15, -0.1) is 0 Å². The van der Waals surface area contributed by atoms with E-state index in [1.165, 1.54) is 11.1 Å². The van der Waals surface area contributed by atoms with E-state index in [4.69, 9.17) is 4.74 Å². The van der Waals surface area contributed by atoms with E-state index in [0.29, 0.717) is 5.92 Å². The van der Waals surface area contributed by atoms with Gasteiger partial charge >= 0.3 is 0 Å². The largest absolute Gasteiger partial charge is 0.493 e. The van der Waals surface area contributed by atoms with Crippen LogP contribution in [0.25, 0.3) is 0 Å². The first kappa shape index (κ1) is 12.7. The molecule has 94 valence electrons. The van der Waals surface area contributed by atoms with E-state index in [1.54, 1.807) is 0 Å². The van der Waals surface area contributed by atoms with Crippen molar-refractivity contribution in [2.24, 2.45) is 0 Å². The van der Waals surface area contributed by atoms with E-state index in [1.807, 2.05) is 12.1 Å². The highest BCUT2D eigenvalue weighted by Crippen LogP contribution is 2.25. The zero-order valence-electron chi connectivity index (χ0n) is 11.1. The van der Waals surface area contributed by atoms with Crippen LogP contribution in [-0.4, -0.2) is 6.61 Å². The molecule has 0 fully saturated rings. The van der Waals surface area contributed by atoms with Crippen LogP contribution in [0, 0.1) is 0 Å². The van der Waals surface area contributed by atoms with Crippen molar-refractivity contribution in [3.8, 4) is 5.75 Å². The van der Waals surface area contributed by atoms with Gasteiger partial charge in [-0.3, -0.25) is 0 Å². The Morgan fingerprint density at radius 3 is 2.28 bits per heavy atom. The van der Waals surface area contributed by atoms with Gasteiger partial charge in [0.05, 0.1) is 6.61 Å². The van der Waals surface area contributed by atoms with E-state index >= 15 is 0 Å². The maximum absolute atomic E-state index is 5.90. The molecule has 2 aromatic carbocycles. The summed E-state index contributed by atoms with van der Waals surface area (Å²) in [5, 5.41) is 0. The van der Waals surface area contributed by atoms with Crippen LogP contribution in [0.4, 0.5) is 0 Å². The summed E-state index contributed by atoms with van der Waals surface area (Å²) < 4.78 is 5.90. The monoisotopic (exact) mass is 240 g/mol. The Labute approximate surface area is 109 Å². The quantitative estimate of drug-likeness (QED) is 0.751. The molecule has 0 unspecified atom stereocenters. The van der Waals surface area contributed by atoms with Crippen molar-refractivity contribution in [1.82, 2.24) is 0 Å². The van der Waals surface area contributed by atoms with Gasteiger partial charge in [-0.05, 0) is 23.1 Å². The van der Waals surface area contributed by atoms with Gasteiger partial charge in [0.25, 0.3) is 0 Å². The number of rotatable bonds is 5. The lowest BCUT2D eigenvalue weighted by atomic mass is 10.0. The lowest BCUT2D eigenvalue weighted by Crippen LogP contribution is -2.03. The summed E-state index contributed by atoms with van der Waals surface area (Å²) in [5.74, 6) is 1.52. The van der Waals surface area contributed by atoms with Crippen molar-refractivity contribution >= 4 is 0 Å². The second-order valence-corrected chi connectivity index (χ2v) is 4.78. The molecule has 0 aliphatic carbocycles. The molecule has 0 saturated heterocycles. The summed E-state index contributed by atoms with van der Waals surface area (Å²) >= 11 is 0. The molecular formula is C17H20O. The van der Waals surface area contributed by atoms with E-state index < -0.39 is 0 Å². The third-order valence-electron chi connectivity index (χ3n) is 3.03. The fraction of sp³-hybridized carbons (Fsp3) is 0.294. The summed E-state index contributed by atoms with van der Waals surface area (Å²) in [6.07, 6.45) is 0.952. The molecule has 0 aromatic heterocycles. The van der Waals surface area contributed by atoms with Crippen molar-refractivity contribution in [2.75, 3.05) is 6.61 Å². The molecular weight excluding hydrogens is 220 g/mol. The fourth-order valence-corrected chi connectivity index (χ4v) is 2.01. The molecule has 0 N–H and O–H groups in total. The van der Waals surface area contributed by atoms with Crippen LogP contribution < -0.4 is 4.74 Å². The second kappa shape index (κ2) is 6.25. The highest BCUT2D eigenvalue weighted by molar-refractivity contribution is 5.35. The molecule has 1 nitrogen and oxygen atoms in total. The van der Waals surface area contributed by atoms with Crippen LogP contribution in [0.5, 0.6) is 5.75 Å². The topological polar surface area (TPSA) is 9.23 Å². The molecule has 0 spiro atoms. The second-order valence-electron chi connectivity index (χ2n) is 4.78. The van der Waals surface area contributed by atoms with Crippen molar-refractivity contribution in [1.29, 1.82) is 0 Å². The van der Waals surface area contributed by atoms with Crippen LogP contribution >= 0.6 is 0 Å². The molecule has 0 radical (unpaired) electrons. The first-order valence-corrected chi connectivity index (χ1v) is 6.53. The Balaban J connectivity index is 1.94. The van der Waals surface area contributed by atoms with Crippen molar-refractivity contribution < 1.29 is 4.74 Å². The molecule has 0 aliphatic heterocycles. The minimum Gasteiger partial charge on any atom is -0.493 e. The van der Waals surface area contributed by atoms with E-state index in [0.717, 1.165) is 18.8 Å². The van der Waals surface area contributed by atoms with Gasteiger partial charge in [0.15, 0.2) is 0 Å². The van der Waals surface area contributed by atoms with Gasteiger partial charge in [-0.1, -0.05) is 62.4 Å². The Bertz CT molecular complexity index is 474. The number of benzene rings is 2. The minimum absolute atomic E-state index is 0.498. The molecule has 0 saturated carbocycles. The summed E-state index contributed by atoms with van der Waals surface area (Å²) in [5.41, 5.74) is 2.60. The number of para-hydroxylation sites is 1. The van der Waals surface area contributed by atoms with Crippen LogP contribution in [-0.2, 0) is 6.42 Å². The Morgan fingerprint density at radius 1 is 0.889 bits per heavy atom. The number of hydrogen-bond acceptors (Lipinski definition) is 1. The summed E-state index contributed by atoms with van der Waals surface area (Å²) in [7, 11) is 0. The standard InChI is InChI=1S/C17H20O/c1-14(2)16-10-6-7-11-17(16)18-13-12-15-8-4-3-5-9-15/h3-11,14H,12-13H2,1-2H3. The average Bonchev–Trinajstić information content (AvgIpc) is 2.40. The fourth-order valence-electron chi connectivity index (χ4n) is 2.01. The highest BCUT2D eigenvalue weighted by atomic mass is 16.5. The molecule has 0 amide bonds. The van der Waals surface area contributed by atoms with Crippen molar-refractivity contribution in [3.63, 3.8) is 0 Å². The Morgan fingerprint density at radius 2 is 1.56 bits per heavy atom. The first-order valence-electron chi connectivity index (χ1n) is 6.53. The predicted molar refractivity (Wildman–Crippen MR) is 76.2 cm³/mol. The molecule has 0 bridgehead atoms. The van der Waals surface area contributed by atoms with Gasteiger partial charge in [0.1, 0.15) is 5.75 Å². The average molecular weight is 240 g/mol. The molecule has 0 heterocycles. The summed E-state index contributed by atoms with van der Waals surface area (Å²) in [6, 6.07) is 18.7. The zero-order chi connectivity index (χ0) is 12.8. The highest BCUT2D eigenvalue weighted by Gasteiger charge is 2.06. The smallest absolute Gasteiger partial charge is 0.122 e. The molecule has 2 aromatic rings. The molecule has 18 heavy (non-hydrogen) atoms. The minimum atomic E-state index is 0.498. The maximum atomic E-state index is 5.90. The molecule has 0 atom stereocenters. The van der Waals surface area contributed by atoms with Gasteiger partial charge < -0.3 is 4.74 Å². The normalized spacial score (nSPS) is 10.6. The van der Waals surface area contributed by atoms with Crippen LogP contribution in [0.2, 0.25) is 0 Å². The van der Waals surface area contributed by atoms with Gasteiger partial charge in [-0.25, -0.2) is 0 Å². The third-order valence-corrected chi connectivity index (χ3v) is 3.03. The van der Waals surface area contributed by atoms with E-state index in [2.05, 4.69) is 56.3 Å². The van der Waals surface area contributed by atoms with Gasteiger partial charge in [0, 0.05) is 6.42 Å². The SMILES string of the molecule is CC(C)c1ccccc1OCCc1ccccc1. The molecule has 0 aliphatic rings. The molecule has 1 heteroatoms. The predicted octanol–water partition coefficient (Wildman–Crippen LogP) is 4.43. The first-order chi connectivity index (χ1) is 8.77. The van der Waals surface area contributed by atoms with Crippen molar-refractivity contribution in [3.05, 3.63) is 65.7 Å². The van der Waals surface area contributed by atoms with Crippen LogP contribution in [0.15, 0.2) is 54.6 Å². The lowest BCUT2D eigenvalue weighted by Gasteiger charge is -2.13. The number of ether oxygens (including phenoxy) is 1. The lowest BCUT2D eigenvalue weighted by molar-refractivity contribution is 0.317. The Hall–Kier alpha value is -1.76. The van der Waals surface area contributed by atoms with Gasteiger partial charge in [-0.2, -0.15) is 0 Å². The third kappa shape index (κ3) is 3.36. The summed E-state index contributed by atoms with van der Waals surface area (Å²) in [6.45, 7) is 5.12. The van der Waals surface area contributed by atoms with E-state index in [-0.39, 0.29) is 0 Å².